The normalized spacial score (nSPS) is 20.6. The average molecular weight is 288 g/mol. The molecule has 1 aliphatic carbocycles. The average Bonchev–Trinajstić information content (AvgIpc) is 2.89. The Labute approximate surface area is 125 Å². The van der Waals surface area contributed by atoms with E-state index in [1.807, 2.05) is 0 Å². The summed E-state index contributed by atoms with van der Waals surface area (Å²) in [6.45, 7) is 5.69. The highest BCUT2D eigenvalue weighted by molar-refractivity contribution is 5.93. The summed E-state index contributed by atoms with van der Waals surface area (Å²) in [6.07, 6.45) is 8.37. The number of Topliss-reactive ketones (excluding diaryl/α,β-unsaturated/α-hetero) is 1. The number of hydrogen-bond donors (Lipinski definition) is 0. The topological polar surface area (TPSA) is 42.3 Å². The molecule has 2 heterocycles. The van der Waals surface area contributed by atoms with E-state index in [0.29, 0.717) is 17.5 Å². The predicted molar refractivity (Wildman–Crippen MR) is 82.7 cm³/mol. The minimum atomic E-state index is -0.153. The van der Waals surface area contributed by atoms with E-state index in [1.54, 1.807) is 22.9 Å². The molecular formula is C17H24N2O2. The Hall–Kier alpha value is -1.42. The fraction of sp³-hybridized carbons (Fsp3) is 0.647. The molecule has 0 bridgehead atoms. The van der Waals surface area contributed by atoms with Crippen LogP contribution in [0.5, 0.6) is 0 Å². The number of nitrogens with zero attached hydrogens (tertiary/aromatic N) is 2. The van der Waals surface area contributed by atoms with Crippen molar-refractivity contribution in [2.45, 2.75) is 45.6 Å². The first-order valence-electron chi connectivity index (χ1n) is 8.02. The molecule has 3 rings (SSSR count). The molecule has 0 radical (unpaired) electrons. The van der Waals surface area contributed by atoms with Gasteiger partial charge in [0.2, 0.25) is 0 Å². The molecule has 1 aromatic heterocycles. The van der Waals surface area contributed by atoms with Crippen molar-refractivity contribution in [3.8, 4) is 0 Å². The highest BCUT2D eigenvalue weighted by Crippen LogP contribution is 2.45. The van der Waals surface area contributed by atoms with Gasteiger partial charge in [-0.3, -0.25) is 9.59 Å². The molecule has 1 aromatic rings. The highest BCUT2D eigenvalue weighted by Gasteiger charge is 2.43. The molecule has 0 atom stereocenters. The smallest absolute Gasteiger partial charge is 0.261 e. The van der Waals surface area contributed by atoms with Gasteiger partial charge in [0.05, 0.1) is 5.56 Å². The molecule has 4 heteroatoms. The second kappa shape index (κ2) is 5.76. The minimum Gasteiger partial charge on any atom is -0.315 e. The number of carbonyl (C=O) groups is 1. The van der Waals surface area contributed by atoms with Gasteiger partial charge in [-0.25, -0.2) is 0 Å². The zero-order valence-corrected chi connectivity index (χ0v) is 12.8. The minimum absolute atomic E-state index is 0.152. The van der Waals surface area contributed by atoms with Crippen molar-refractivity contribution in [1.82, 2.24) is 9.47 Å². The number of carbonyl (C=O) groups excluding carboxylic acids is 1. The molecule has 114 valence electrons. The van der Waals surface area contributed by atoms with Gasteiger partial charge in [0.15, 0.2) is 5.78 Å². The van der Waals surface area contributed by atoms with Crippen LogP contribution in [0.25, 0.3) is 0 Å². The van der Waals surface area contributed by atoms with Gasteiger partial charge in [-0.2, -0.15) is 0 Å². The molecule has 4 nitrogen and oxygen atoms in total. The maximum Gasteiger partial charge on any atom is 0.261 e. The number of likely N-dealkylation sites (tertiary alicyclic amines) is 1. The summed E-state index contributed by atoms with van der Waals surface area (Å²) in [5, 5.41) is 0. The van der Waals surface area contributed by atoms with Crippen molar-refractivity contribution < 1.29 is 4.79 Å². The van der Waals surface area contributed by atoms with E-state index in [1.165, 1.54) is 45.7 Å². The molecule has 0 aromatic carbocycles. The van der Waals surface area contributed by atoms with Crippen LogP contribution in [-0.4, -0.2) is 34.9 Å². The van der Waals surface area contributed by atoms with Crippen molar-refractivity contribution in [2.24, 2.45) is 5.41 Å². The number of ketones is 1. The standard InChI is InChI=1S/C17H24N2O2/c1-14(20)15-6-4-10-19(16(15)21)11-5-9-18-12-17(13-18)7-2-3-8-17/h4,6,10H,2-3,5,7-9,11-13H2,1H3. The maximum absolute atomic E-state index is 12.1. The van der Waals surface area contributed by atoms with Crippen LogP contribution in [-0.2, 0) is 6.54 Å². The zero-order chi connectivity index (χ0) is 14.9. The Morgan fingerprint density at radius 1 is 1.24 bits per heavy atom. The lowest BCUT2D eigenvalue weighted by Gasteiger charge is -2.48. The fourth-order valence-electron chi connectivity index (χ4n) is 3.95. The Kier molecular flexibility index (Phi) is 3.98. The summed E-state index contributed by atoms with van der Waals surface area (Å²) in [6, 6.07) is 3.40. The molecule has 1 saturated heterocycles. The van der Waals surface area contributed by atoms with Gasteiger partial charge in [-0.15, -0.1) is 0 Å². The summed E-state index contributed by atoms with van der Waals surface area (Å²) < 4.78 is 1.67. The van der Waals surface area contributed by atoms with Crippen molar-refractivity contribution >= 4 is 5.78 Å². The van der Waals surface area contributed by atoms with E-state index in [-0.39, 0.29) is 11.3 Å². The van der Waals surface area contributed by atoms with Crippen LogP contribution in [0.15, 0.2) is 23.1 Å². The molecule has 0 amide bonds. The van der Waals surface area contributed by atoms with Crippen molar-refractivity contribution in [1.29, 1.82) is 0 Å². The summed E-state index contributed by atoms with van der Waals surface area (Å²) >= 11 is 0. The number of hydrogen-bond acceptors (Lipinski definition) is 3. The summed E-state index contributed by atoms with van der Waals surface area (Å²) in [5.74, 6) is -0.153. The van der Waals surface area contributed by atoms with Gasteiger partial charge < -0.3 is 9.47 Å². The van der Waals surface area contributed by atoms with E-state index in [4.69, 9.17) is 0 Å². The molecule has 0 N–H and O–H groups in total. The van der Waals surface area contributed by atoms with Gasteiger partial charge in [0, 0.05) is 25.8 Å². The quantitative estimate of drug-likeness (QED) is 0.781. The summed E-state index contributed by atoms with van der Waals surface area (Å²) in [4.78, 5) is 26.0. The number of aromatic nitrogens is 1. The Balaban J connectivity index is 1.49. The zero-order valence-electron chi connectivity index (χ0n) is 12.8. The van der Waals surface area contributed by atoms with E-state index >= 15 is 0 Å². The lowest BCUT2D eigenvalue weighted by molar-refractivity contribution is 0.00486. The predicted octanol–water partition coefficient (Wildman–Crippen LogP) is 2.32. The van der Waals surface area contributed by atoms with E-state index in [9.17, 15) is 9.59 Å². The first kappa shape index (κ1) is 14.5. The Morgan fingerprint density at radius 3 is 2.62 bits per heavy atom. The number of aryl methyl sites for hydroxylation is 1. The SMILES string of the molecule is CC(=O)c1cccn(CCCN2CC3(CCCC3)C2)c1=O. The van der Waals surface area contributed by atoms with E-state index < -0.39 is 0 Å². The fourth-order valence-corrected chi connectivity index (χ4v) is 3.95. The third-order valence-corrected chi connectivity index (χ3v) is 5.06. The number of rotatable bonds is 5. The molecule has 2 aliphatic rings. The molecule has 21 heavy (non-hydrogen) atoms. The molecule has 1 spiro atoms. The van der Waals surface area contributed by atoms with Crippen LogP contribution in [0.2, 0.25) is 0 Å². The molecule has 2 fully saturated rings. The first-order valence-corrected chi connectivity index (χ1v) is 8.02. The second-order valence-electron chi connectivity index (χ2n) is 6.75. The molecule has 1 saturated carbocycles. The van der Waals surface area contributed by atoms with Gasteiger partial charge in [0.25, 0.3) is 5.56 Å². The third-order valence-electron chi connectivity index (χ3n) is 5.06. The summed E-state index contributed by atoms with van der Waals surface area (Å²) in [7, 11) is 0. The monoisotopic (exact) mass is 288 g/mol. The lowest BCUT2D eigenvalue weighted by atomic mass is 9.78. The first-order chi connectivity index (χ1) is 10.1. The van der Waals surface area contributed by atoms with Crippen molar-refractivity contribution in [3.05, 3.63) is 34.2 Å². The van der Waals surface area contributed by atoms with Gasteiger partial charge in [-0.1, -0.05) is 12.8 Å². The van der Waals surface area contributed by atoms with Crippen LogP contribution in [0.3, 0.4) is 0 Å². The Morgan fingerprint density at radius 2 is 1.95 bits per heavy atom. The van der Waals surface area contributed by atoms with E-state index in [2.05, 4.69) is 4.90 Å². The van der Waals surface area contributed by atoms with Crippen LogP contribution in [0.1, 0.15) is 49.4 Å². The second-order valence-corrected chi connectivity index (χ2v) is 6.75. The Bertz CT molecular complexity index is 577. The lowest BCUT2D eigenvalue weighted by Crippen LogP contribution is -2.55. The van der Waals surface area contributed by atoms with Crippen LogP contribution in [0, 0.1) is 5.41 Å². The van der Waals surface area contributed by atoms with Crippen LogP contribution in [0.4, 0.5) is 0 Å². The third kappa shape index (κ3) is 2.95. The van der Waals surface area contributed by atoms with Crippen molar-refractivity contribution in [2.75, 3.05) is 19.6 Å². The van der Waals surface area contributed by atoms with Crippen LogP contribution < -0.4 is 5.56 Å². The molecule has 1 aliphatic heterocycles. The van der Waals surface area contributed by atoms with Gasteiger partial charge in [0.1, 0.15) is 0 Å². The highest BCUT2D eigenvalue weighted by atomic mass is 16.1. The maximum atomic E-state index is 12.1. The number of pyridine rings is 1. The molecular weight excluding hydrogens is 264 g/mol. The summed E-state index contributed by atoms with van der Waals surface area (Å²) in [5.41, 5.74) is 0.790. The van der Waals surface area contributed by atoms with Gasteiger partial charge in [-0.05, 0) is 50.3 Å². The van der Waals surface area contributed by atoms with E-state index in [0.717, 1.165) is 13.0 Å². The van der Waals surface area contributed by atoms with Crippen molar-refractivity contribution in [3.63, 3.8) is 0 Å². The largest absolute Gasteiger partial charge is 0.315 e. The van der Waals surface area contributed by atoms with Crippen LogP contribution >= 0.6 is 0 Å². The van der Waals surface area contributed by atoms with Gasteiger partial charge >= 0.3 is 0 Å². The molecule has 0 unspecified atom stereocenters.